The molecule has 0 amide bonds. The standard InChI is InChI=1S/C14H6BrCl3FNO/c15-5-7-1-2-10(17)14(13(7)19)21-11-4-9(16)3-8(6-20)12(11)18/h1-4H,5H2. The first-order valence-electron chi connectivity index (χ1n) is 5.57. The van der Waals surface area contributed by atoms with Crippen LogP contribution in [0.4, 0.5) is 4.39 Å². The molecule has 0 fully saturated rings. The molecule has 0 saturated heterocycles. The van der Waals surface area contributed by atoms with Crippen LogP contribution in [0.3, 0.4) is 0 Å². The van der Waals surface area contributed by atoms with Gasteiger partial charge in [-0.25, -0.2) is 4.39 Å². The fraction of sp³-hybridized carbons (Fsp3) is 0.0714. The van der Waals surface area contributed by atoms with Crippen molar-refractivity contribution >= 4 is 50.7 Å². The molecule has 0 atom stereocenters. The third-order valence-corrected chi connectivity index (χ3v) is 4.12. The van der Waals surface area contributed by atoms with Crippen LogP contribution in [0.15, 0.2) is 24.3 Å². The average Bonchev–Trinajstić information content (AvgIpc) is 2.46. The van der Waals surface area contributed by atoms with E-state index in [1.165, 1.54) is 18.2 Å². The second kappa shape index (κ2) is 6.85. The molecule has 2 rings (SSSR count). The Balaban J connectivity index is 2.54. The average molecular weight is 409 g/mol. The normalized spacial score (nSPS) is 10.3. The third kappa shape index (κ3) is 3.44. The molecule has 0 spiro atoms. The molecule has 2 aromatic rings. The van der Waals surface area contributed by atoms with Gasteiger partial charge in [-0.05, 0) is 12.1 Å². The lowest BCUT2D eigenvalue weighted by molar-refractivity contribution is 0.440. The molecular formula is C14H6BrCl3FNO. The second-order valence-electron chi connectivity index (χ2n) is 3.96. The highest BCUT2D eigenvalue weighted by molar-refractivity contribution is 9.08. The number of hydrogen-bond donors (Lipinski definition) is 0. The molecule has 0 radical (unpaired) electrons. The minimum atomic E-state index is -0.603. The molecule has 7 heteroatoms. The van der Waals surface area contributed by atoms with Gasteiger partial charge >= 0.3 is 0 Å². The Morgan fingerprint density at radius 3 is 2.57 bits per heavy atom. The van der Waals surface area contributed by atoms with Crippen LogP contribution in [0.5, 0.6) is 11.5 Å². The van der Waals surface area contributed by atoms with Crippen molar-refractivity contribution in [3.63, 3.8) is 0 Å². The van der Waals surface area contributed by atoms with Gasteiger partial charge in [-0.3, -0.25) is 0 Å². The number of alkyl halides is 1. The Hall–Kier alpha value is -0.990. The van der Waals surface area contributed by atoms with Gasteiger partial charge in [0, 0.05) is 22.0 Å². The summed E-state index contributed by atoms with van der Waals surface area (Å²) in [6.07, 6.45) is 0. The number of nitrogens with zero attached hydrogens (tertiary/aromatic N) is 1. The van der Waals surface area contributed by atoms with Crippen LogP contribution < -0.4 is 4.74 Å². The summed E-state index contributed by atoms with van der Waals surface area (Å²) in [7, 11) is 0. The van der Waals surface area contributed by atoms with E-state index in [1.54, 1.807) is 6.07 Å². The van der Waals surface area contributed by atoms with E-state index in [4.69, 9.17) is 44.8 Å². The van der Waals surface area contributed by atoms with Gasteiger partial charge in [0.15, 0.2) is 11.6 Å². The van der Waals surface area contributed by atoms with Crippen molar-refractivity contribution in [1.29, 1.82) is 5.26 Å². The van der Waals surface area contributed by atoms with Crippen LogP contribution in [-0.4, -0.2) is 0 Å². The highest BCUT2D eigenvalue weighted by atomic mass is 79.9. The van der Waals surface area contributed by atoms with E-state index in [2.05, 4.69) is 15.9 Å². The lowest BCUT2D eigenvalue weighted by Crippen LogP contribution is -1.95. The predicted molar refractivity (Wildman–Crippen MR) is 85.3 cm³/mol. The molecular weight excluding hydrogens is 403 g/mol. The maximum absolute atomic E-state index is 14.3. The molecule has 0 aliphatic heterocycles. The van der Waals surface area contributed by atoms with E-state index in [-0.39, 0.29) is 32.1 Å². The fourth-order valence-electron chi connectivity index (χ4n) is 1.60. The van der Waals surface area contributed by atoms with Crippen molar-refractivity contribution in [2.45, 2.75) is 5.33 Å². The quantitative estimate of drug-likeness (QED) is 0.554. The highest BCUT2D eigenvalue weighted by Crippen LogP contribution is 2.39. The van der Waals surface area contributed by atoms with Gasteiger partial charge in [-0.1, -0.05) is 56.8 Å². The first kappa shape index (κ1) is 16.4. The smallest absolute Gasteiger partial charge is 0.182 e. The second-order valence-corrected chi connectivity index (χ2v) is 5.74. The number of rotatable bonds is 3. The zero-order valence-electron chi connectivity index (χ0n) is 10.3. The Kier molecular flexibility index (Phi) is 5.34. The Morgan fingerprint density at radius 2 is 1.95 bits per heavy atom. The first-order valence-corrected chi connectivity index (χ1v) is 7.83. The largest absolute Gasteiger partial charge is 0.451 e. The number of nitriles is 1. The van der Waals surface area contributed by atoms with E-state index in [0.29, 0.717) is 10.9 Å². The summed E-state index contributed by atoms with van der Waals surface area (Å²) < 4.78 is 19.7. The van der Waals surface area contributed by atoms with E-state index >= 15 is 0 Å². The molecule has 2 nitrogen and oxygen atoms in total. The molecule has 0 aliphatic rings. The maximum Gasteiger partial charge on any atom is 0.182 e. The molecule has 2 aromatic carbocycles. The Bertz CT molecular complexity index is 746. The molecule has 108 valence electrons. The van der Waals surface area contributed by atoms with Crippen LogP contribution in [0, 0.1) is 17.1 Å². The number of halogens is 5. The van der Waals surface area contributed by atoms with Crippen LogP contribution >= 0.6 is 50.7 Å². The summed E-state index contributed by atoms with van der Waals surface area (Å²) >= 11 is 21.0. The Labute approximate surface area is 144 Å². The van der Waals surface area contributed by atoms with Gasteiger partial charge in [0.25, 0.3) is 0 Å². The number of ether oxygens (including phenoxy) is 1. The molecule has 0 unspecified atom stereocenters. The zero-order chi connectivity index (χ0) is 15.6. The molecule has 0 N–H and O–H groups in total. The highest BCUT2D eigenvalue weighted by Gasteiger charge is 2.17. The van der Waals surface area contributed by atoms with E-state index in [0.717, 1.165) is 0 Å². The van der Waals surface area contributed by atoms with Crippen molar-refractivity contribution in [3.8, 4) is 17.6 Å². The zero-order valence-corrected chi connectivity index (χ0v) is 14.1. The third-order valence-electron chi connectivity index (χ3n) is 2.61. The van der Waals surface area contributed by atoms with Crippen molar-refractivity contribution in [2.75, 3.05) is 0 Å². The first-order chi connectivity index (χ1) is 9.97. The summed E-state index contributed by atoms with van der Waals surface area (Å²) in [4.78, 5) is 0. The summed E-state index contributed by atoms with van der Waals surface area (Å²) in [6, 6.07) is 7.72. The molecule has 0 saturated carbocycles. The van der Waals surface area contributed by atoms with Gasteiger partial charge in [0.2, 0.25) is 0 Å². The van der Waals surface area contributed by atoms with Crippen molar-refractivity contribution < 1.29 is 9.13 Å². The van der Waals surface area contributed by atoms with E-state index in [1.807, 2.05) is 6.07 Å². The van der Waals surface area contributed by atoms with Crippen molar-refractivity contribution in [3.05, 3.63) is 56.3 Å². The fourth-order valence-corrected chi connectivity index (χ4v) is 2.62. The summed E-state index contributed by atoms with van der Waals surface area (Å²) in [5, 5.41) is 9.66. The summed E-state index contributed by atoms with van der Waals surface area (Å²) in [5.74, 6) is -0.705. The topological polar surface area (TPSA) is 33.0 Å². The molecule has 0 bridgehead atoms. The molecule has 0 heterocycles. The lowest BCUT2D eigenvalue weighted by Gasteiger charge is -2.13. The SMILES string of the molecule is N#Cc1cc(Cl)cc(Oc2c(Cl)ccc(CBr)c2F)c1Cl. The number of benzene rings is 2. The van der Waals surface area contributed by atoms with Gasteiger partial charge in [0.1, 0.15) is 16.8 Å². The van der Waals surface area contributed by atoms with E-state index < -0.39 is 5.82 Å². The van der Waals surface area contributed by atoms with Crippen LogP contribution in [-0.2, 0) is 5.33 Å². The lowest BCUT2D eigenvalue weighted by atomic mass is 10.2. The molecule has 21 heavy (non-hydrogen) atoms. The summed E-state index contributed by atoms with van der Waals surface area (Å²) in [6.45, 7) is 0. The minimum Gasteiger partial charge on any atom is -0.451 e. The van der Waals surface area contributed by atoms with Crippen LogP contribution in [0.25, 0.3) is 0 Å². The van der Waals surface area contributed by atoms with Gasteiger partial charge in [-0.2, -0.15) is 5.26 Å². The summed E-state index contributed by atoms with van der Waals surface area (Å²) in [5.41, 5.74) is 0.514. The number of hydrogen-bond acceptors (Lipinski definition) is 2. The van der Waals surface area contributed by atoms with E-state index in [9.17, 15) is 4.39 Å². The van der Waals surface area contributed by atoms with Gasteiger partial charge in [0.05, 0.1) is 10.6 Å². The van der Waals surface area contributed by atoms with Crippen molar-refractivity contribution in [1.82, 2.24) is 0 Å². The maximum atomic E-state index is 14.3. The van der Waals surface area contributed by atoms with Crippen LogP contribution in [0.2, 0.25) is 15.1 Å². The minimum absolute atomic E-state index is 0.0432. The molecule has 0 aromatic heterocycles. The van der Waals surface area contributed by atoms with Gasteiger partial charge in [-0.15, -0.1) is 0 Å². The van der Waals surface area contributed by atoms with Crippen LogP contribution in [0.1, 0.15) is 11.1 Å². The van der Waals surface area contributed by atoms with Crippen molar-refractivity contribution in [2.24, 2.45) is 0 Å². The Morgan fingerprint density at radius 1 is 1.24 bits per heavy atom. The molecule has 0 aliphatic carbocycles. The predicted octanol–water partition coefficient (Wildman–Crippen LogP) is 6.34. The monoisotopic (exact) mass is 407 g/mol. The van der Waals surface area contributed by atoms with Gasteiger partial charge < -0.3 is 4.74 Å².